The Morgan fingerprint density at radius 2 is 1.72 bits per heavy atom. The number of benzene rings is 1. The van der Waals surface area contributed by atoms with Gasteiger partial charge in [-0.15, -0.1) is 13.2 Å². The van der Waals surface area contributed by atoms with Crippen LogP contribution in [0.15, 0.2) is 55.6 Å². The zero-order valence-electron chi connectivity index (χ0n) is 11.3. The van der Waals surface area contributed by atoms with Gasteiger partial charge in [0.25, 0.3) is 0 Å². The first-order valence-electron chi connectivity index (χ1n) is 7.11. The van der Waals surface area contributed by atoms with E-state index in [-0.39, 0.29) is 0 Å². The average Bonchev–Trinajstić information content (AvgIpc) is 2.42. The van der Waals surface area contributed by atoms with Gasteiger partial charge in [0.1, 0.15) is 0 Å². The van der Waals surface area contributed by atoms with E-state index in [2.05, 4.69) is 55.6 Å². The maximum atomic E-state index is 4.11. The molecule has 1 saturated carbocycles. The first-order chi connectivity index (χ1) is 8.82. The molecule has 0 amide bonds. The quantitative estimate of drug-likeness (QED) is 0.598. The van der Waals surface area contributed by atoms with Crippen molar-refractivity contribution in [1.82, 2.24) is 0 Å². The van der Waals surface area contributed by atoms with Crippen molar-refractivity contribution in [1.29, 1.82) is 0 Å². The maximum absolute atomic E-state index is 4.11. The molecule has 0 heterocycles. The summed E-state index contributed by atoms with van der Waals surface area (Å²) in [5, 5.41) is 0. The van der Waals surface area contributed by atoms with E-state index in [4.69, 9.17) is 0 Å². The normalized spacial score (nSPS) is 20.0. The highest BCUT2D eigenvalue weighted by molar-refractivity contribution is 5.27. The molecule has 1 atom stereocenters. The van der Waals surface area contributed by atoms with Crippen LogP contribution in [0.5, 0.6) is 0 Å². The van der Waals surface area contributed by atoms with Crippen molar-refractivity contribution in [2.45, 2.75) is 44.4 Å². The monoisotopic (exact) mass is 240 g/mol. The van der Waals surface area contributed by atoms with Crippen molar-refractivity contribution < 1.29 is 0 Å². The smallest absolute Gasteiger partial charge is 0.00747 e. The summed E-state index contributed by atoms with van der Waals surface area (Å²) < 4.78 is 0. The zero-order chi connectivity index (χ0) is 12.8. The van der Waals surface area contributed by atoms with Crippen molar-refractivity contribution in [3.8, 4) is 0 Å². The molecule has 2 rings (SSSR count). The van der Waals surface area contributed by atoms with E-state index in [1.807, 2.05) is 0 Å². The van der Waals surface area contributed by atoms with Gasteiger partial charge in [-0.25, -0.2) is 0 Å². The third-order valence-electron chi connectivity index (χ3n) is 4.45. The first kappa shape index (κ1) is 13.1. The Morgan fingerprint density at radius 1 is 1.06 bits per heavy atom. The fraction of sp³-hybridized carbons (Fsp3) is 0.444. The maximum Gasteiger partial charge on any atom is 0.00747 e. The molecule has 0 nitrogen and oxygen atoms in total. The molecule has 1 aromatic rings. The van der Waals surface area contributed by atoms with Gasteiger partial charge in [-0.3, -0.25) is 0 Å². The van der Waals surface area contributed by atoms with Crippen LogP contribution in [0.4, 0.5) is 0 Å². The molecule has 1 fully saturated rings. The number of rotatable bonds is 5. The Balaban J connectivity index is 2.32. The first-order valence-corrected chi connectivity index (χ1v) is 7.11. The van der Waals surface area contributed by atoms with Crippen molar-refractivity contribution >= 4 is 0 Å². The van der Waals surface area contributed by atoms with Crippen LogP contribution < -0.4 is 0 Å². The van der Waals surface area contributed by atoms with Gasteiger partial charge in [0.15, 0.2) is 0 Å². The van der Waals surface area contributed by atoms with E-state index in [1.165, 1.54) is 37.7 Å². The highest BCUT2D eigenvalue weighted by atomic mass is 14.4. The predicted octanol–water partition coefficient (Wildman–Crippen LogP) is 5.48. The fourth-order valence-electron chi connectivity index (χ4n) is 3.59. The molecule has 1 aromatic carbocycles. The summed E-state index contributed by atoms with van der Waals surface area (Å²) in [5.74, 6) is 0.469. The lowest BCUT2D eigenvalue weighted by molar-refractivity contribution is 0.168. The summed E-state index contributed by atoms with van der Waals surface area (Å²) >= 11 is 0. The van der Waals surface area contributed by atoms with Gasteiger partial charge in [0.2, 0.25) is 0 Å². The van der Waals surface area contributed by atoms with Crippen molar-refractivity contribution in [2.24, 2.45) is 5.41 Å². The Labute approximate surface area is 111 Å². The molecule has 0 saturated heterocycles. The molecule has 1 aliphatic carbocycles. The zero-order valence-corrected chi connectivity index (χ0v) is 11.3. The Bertz CT molecular complexity index is 382. The van der Waals surface area contributed by atoms with Gasteiger partial charge in [-0.2, -0.15) is 0 Å². The molecule has 0 aromatic heterocycles. The second kappa shape index (κ2) is 6.04. The minimum Gasteiger partial charge on any atom is -0.103 e. The standard InChI is InChI=1S/C18H24/c1-3-13-18(14-9-6-10-15-18)17(4-2)16-11-7-5-8-12-16/h3-5,7-8,11-12,17H,1-2,6,9-10,13-15H2. The molecule has 96 valence electrons. The van der Waals surface area contributed by atoms with E-state index in [9.17, 15) is 0 Å². The van der Waals surface area contributed by atoms with Crippen LogP contribution in [-0.4, -0.2) is 0 Å². The lowest BCUT2D eigenvalue weighted by Gasteiger charge is -2.42. The predicted molar refractivity (Wildman–Crippen MR) is 79.7 cm³/mol. The summed E-state index contributed by atoms with van der Waals surface area (Å²) in [5.41, 5.74) is 1.78. The van der Waals surface area contributed by atoms with E-state index in [1.54, 1.807) is 0 Å². The second-order valence-electron chi connectivity index (χ2n) is 5.54. The van der Waals surface area contributed by atoms with E-state index >= 15 is 0 Å². The van der Waals surface area contributed by atoms with Crippen molar-refractivity contribution in [2.75, 3.05) is 0 Å². The van der Waals surface area contributed by atoms with Crippen LogP contribution in [-0.2, 0) is 0 Å². The van der Waals surface area contributed by atoms with Gasteiger partial charge < -0.3 is 0 Å². The minimum absolute atomic E-state index is 0.364. The van der Waals surface area contributed by atoms with Crippen LogP contribution in [0, 0.1) is 5.41 Å². The molecule has 0 radical (unpaired) electrons. The highest BCUT2D eigenvalue weighted by Crippen LogP contribution is 2.50. The van der Waals surface area contributed by atoms with Gasteiger partial charge in [0, 0.05) is 5.92 Å². The second-order valence-corrected chi connectivity index (χ2v) is 5.54. The lowest BCUT2D eigenvalue weighted by Crippen LogP contribution is -2.30. The van der Waals surface area contributed by atoms with E-state index in [0.29, 0.717) is 11.3 Å². The summed E-state index contributed by atoms with van der Waals surface area (Å²) in [6.07, 6.45) is 12.1. The summed E-state index contributed by atoms with van der Waals surface area (Å²) in [6, 6.07) is 10.8. The largest absolute Gasteiger partial charge is 0.103 e. The molecule has 1 unspecified atom stereocenters. The van der Waals surface area contributed by atoms with Crippen LogP contribution in [0.25, 0.3) is 0 Å². The molecule has 0 heteroatoms. The molecular weight excluding hydrogens is 216 g/mol. The van der Waals surface area contributed by atoms with Crippen LogP contribution in [0.1, 0.15) is 50.0 Å². The van der Waals surface area contributed by atoms with Crippen LogP contribution >= 0.6 is 0 Å². The Morgan fingerprint density at radius 3 is 2.28 bits per heavy atom. The molecule has 0 N–H and O–H groups in total. The van der Waals surface area contributed by atoms with E-state index in [0.717, 1.165) is 6.42 Å². The number of allylic oxidation sites excluding steroid dienone is 2. The third-order valence-corrected chi connectivity index (χ3v) is 4.45. The lowest BCUT2D eigenvalue weighted by atomic mass is 9.62. The highest BCUT2D eigenvalue weighted by Gasteiger charge is 2.37. The van der Waals surface area contributed by atoms with Crippen LogP contribution in [0.3, 0.4) is 0 Å². The Kier molecular flexibility index (Phi) is 4.41. The Hall–Kier alpha value is -1.30. The fourth-order valence-corrected chi connectivity index (χ4v) is 3.59. The molecule has 1 aliphatic rings. The summed E-state index contributed by atoms with van der Waals surface area (Å²) in [6.45, 7) is 8.08. The third kappa shape index (κ3) is 2.58. The molecule has 0 aliphatic heterocycles. The number of hydrogen-bond acceptors (Lipinski definition) is 0. The average molecular weight is 240 g/mol. The van der Waals surface area contributed by atoms with Gasteiger partial charge in [-0.05, 0) is 30.2 Å². The summed E-state index contributed by atoms with van der Waals surface area (Å²) in [4.78, 5) is 0. The van der Waals surface area contributed by atoms with Crippen molar-refractivity contribution in [3.63, 3.8) is 0 Å². The molecule has 18 heavy (non-hydrogen) atoms. The molecule has 0 spiro atoms. The SMILES string of the molecule is C=CCC1(C(C=C)c2ccccc2)CCCCC1. The molecule has 0 bridgehead atoms. The van der Waals surface area contributed by atoms with Gasteiger partial charge >= 0.3 is 0 Å². The molecular formula is C18H24. The van der Waals surface area contributed by atoms with Gasteiger partial charge in [-0.1, -0.05) is 61.7 Å². The summed E-state index contributed by atoms with van der Waals surface area (Å²) in [7, 11) is 0. The van der Waals surface area contributed by atoms with Gasteiger partial charge in [0.05, 0.1) is 0 Å². The topological polar surface area (TPSA) is 0 Å². The van der Waals surface area contributed by atoms with Crippen molar-refractivity contribution in [3.05, 3.63) is 61.2 Å². The number of hydrogen-bond donors (Lipinski definition) is 0. The van der Waals surface area contributed by atoms with E-state index < -0.39 is 0 Å². The minimum atomic E-state index is 0.364. The van der Waals surface area contributed by atoms with Crippen LogP contribution in [0.2, 0.25) is 0 Å².